The molecule has 1 aromatic rings. The number of ether oxygens (including phenoxy) is 1. The highest BCUT2D eigenvalue weighted by molar-refractivity contribution is 6.39. The highest BCUT2D eigenvalue weighted by Gasteiger charge is 2.25. The van der Waals surface area contributed by atoms with Crippen molar-refractivity contribution >= 4 is 29.9 Å². The summed E-state index contributed by atoms with van der Waals surface area (Å²) in [6.07, 6.45) is 0.727. The largest absolute Gasteiger partial charge is 0.465 e. The summed E-state index contributed by atoms with van der Waals surface area (Å²) in [5.74, 6) is -1.88. The molecule has 8 nitrogen and oxygen atoms in total. The number of nitrogens with one attached hydrogen (secondary N) is 1. The molecule has 1 saturated heterocycles. The normalized spacial score (nSPS) is 14.1. The highest BCUT2D eigenvalue weighted by Crippen LogP contribution is 2.11. The van der Waals surface area contributed by atoms with Crippen molar-refractivity contribution in [1.82, 2.24) is 9.80 Å². The molecule has 0 unspecified atom stereocenters. The van der Waals surface area contributed by atoms with Crippen LogP contribution in [-0.4, -0.2) is 67.3 Å². The molecule has 8 heteroatoms. The molecule has 122 valence electrons. The number of esters is 1. The van der Waals surface area contributed by atoms with Crippen LogP contribution < -0.4 is 5.32 Å². The van der Waals surface area contributed by atoms with Crippen molar-refractivity contribution < 1.29 is 23.9 Å². The predicted molar refractivity (Wildman–Crippen MR) is 80.6 cm³/mol. The lowest BCUT2D eigenvalue weighted by Gasteiger charge is -2.31. The number of piperazine rings is 1. The Balaban J connectivity index is 1.92. The second kappa shape index (κ2) is 7.39. The van der Waals surface area contributed by atoms with Gasteiger partial charge in [0.15, 0.2) is 0 Å². The molecule has 0 aliphatic carbocycles. The van der Waals surface area contributed by atoms with Gasteiger partial charge < -0.3 is 19.9 Å². The number of rotatable bonds is 3. The summed E-state index contributed by atoms with van der Waals surface area (Å²) >= 11 is 0. The van der Waals surface area contributed by atoms with Crippen molar-refractivity contribution in [3.8, 4) is 0 Å². The van der Waals surface area contributed by atoms with Crippen molar-refractivity contribution in [3.63, 3.8) is 0 Å². The second-order valence-electron chi connectivity index (χ2n) is 4.96. The number of carbonyl (C=O) groups excluding carboxylic acids is 4. The highest BCUT2D eigenvalue weighted by atomic mass is 16.5. The van der Waals surface area contributed by atoms with Gasteiger partial charge in [-0.05, 0) is 24.3 Å². The van der Waals surface area contributed by atoms with Crippen LogP contribution in [0.15, 0.2) is 24.3 Å². The van der Waals surface area contributed by atoms with E-state index in [-0.39, 0.29) is 0 Å². The lowest BCUT2D eigenvalue weighted by Crippen LogP contribution is -2.51. The third kappa shape index (κ3) is 4.06. The fourth-order valence-corrected chi connectivity index (χ4v) is 2.17. The summed E-state index contributed by atoms with van der Waals surface area (Å²) < 4.78 is 4.58. The van der Waals surface area contributed by atoms with Crippen LogP contribution >= 0.6 is 0 Å². The number of amides is 3. The minimum atomic E-state index is -0.754. The number of benzene rings is 1. The molecular weight excluding hydrogens is 302 g/mol. The van der Waals surface area contributed by atoms with E-state index in [9.17, 15) is 19.2 Å². The van der Waals surface area contributed by atoms with Gasteiger partial charge in [-0.3, -0.25) is 14.4 Å². The zero-order chi connectivity index (χ0) is 16.8. The van der Waals surface area contributed by atoms with Gasteiger partial charge >= 0.3 is 17.8 Å². The van der Waals surface area contributed by atoms with E-state index in [4.69, 9.17) is 0 Å². The van der Waals surface area contributed by atoms with Crippen molar-refractivity contribution in [1.29, 1.82) is 0 Å². The average molecular weight is 319 g/mol. The van der Waals surface area contributed by atoms with Gasteiger partial charge in [0.1, 0.15) is 0 Å². The summed E-state index contributed by atoms with van der Waals surface area (Å²) in [6.45, 7) is 1.48. The molecule has 1 fully saturated rings. The zero-order valence-corrected chi connectivity index (χ0v) is 12.7. The SMILES string of the molecule is COC(=O)c1ccc(NC(=O)C(=O)N2CCN(C=O)CC2)cc1. The molecule has 1 heterocycles. The molecule has 0 atom stereocenters. The van der Waals surface area contributed by atoms with E-state index in [2.05, 4.69) is 10.1 Å². The van der Waals surface area contributed by atoms with E-state index in [1.807, 2.05) is 0 Å². The molecule has 1 aliphatic rings. The lowest BCUT2D eigenvalue weighted by atomic mass is 10.2. The number of anilines is 1. The Morgan fingerprint density at radius 2 is 1.70 bits per heavy atom. The first-order valence-corrected chi connectivity index (χ1v) is 7.03. The van der Waals surface area contributed by atoms with Crippen molar-refractivity contribution in [3.05, 3.63) is 29.8 Å². The molecule has 1 aliphatic heterocycles. The van der Waals surface area contributed by atoms with Gasteiger partial charge in [-0.2, -0.15) is 0 Å². The van der Waals surface area contributed by atoms with Crippen LogP contribution in [0.1, 0.15) is 10.4 Å². The van der Waals surface area contributed by atoms with Crippen molar-refractivity contribution in [2.24, 2.45) is 0 Å². The Morgan fingerprint density at radius 1 is 1.09 bits per heavy atom. The summed E-state index contributed by atoms with van der Waals surface area (Å²) in [7, 11) is 1.28. The molecule has 0 bridgehead atoms. The van der Waals surface area contributed by atoms with Crippen LogP contribution in [0.2, 0.25) is 0 Å². The molecule has 2 rings (SSSR count). The first-order valence-electron chi connectivity index (χ1n) is 7.03. The topological polar surface area (TPSA) is 96.0 Å². The van der Waals surface area contributed by atoms with Crippen molar-refractivity contribution in [2.45, 2.75) is 0 Å². The first kappa shape index (κ1) is 16.5. The standard InChI is InChI=1S/C15H17N3O5/c1-23-15(22)11-2-4-12(5-3-11)16-13(20)14(21)18-8-6-17(10-19)7-9-18/h2-5,10H,6-9H2,1H3,(H,16,20). The van der Waals surface area contributed by atoms with E-state index < -0.39 is 17.8 Å². The zero-order valence-electron chi connectivity index (χ0n) is 12.7. The summed E-state index contributed by atoms with van der Waals surface area (Å²) in [5, 5.41) is 2.48. The fourth-order valence-electron chi connectivity index (χ4n) is 2.17. The van der Waals surface area contributed by atoms with Gasteiger partial charge in [-0.25, -0.2) is 4.79 Å². The van der Waals surface area contributed by atoms with Gasteiger partial charge in [-0.15, -0.1) is 0 Å². The Bertz CT molecular complexity index is 606. The molecule has 0 aromatic heterocycles. The van der Waals surface area contributed by atoms with E-state index in [1.54, 1.807) is 4.90 Å². The summed E-state index contributed by atoms with van der Waals surface area (Å²) in [6, 6.07) is 6.02. The van der Waals surface area contributed by atoms with Crippen LogP contribution in [0.4, 0.5) is 5.69 Å². The van der Waals surface area contributed by atoms with Crippen LogP contribution in [0.25, 0.3) is 0 Å². The number of methoxy groups -OCH3 is 1. The number of nitrogens with zero attached hydrogens (tertiary/aromatic N) is 2. The van der Waals surface area contributed by atoms with Gasteiger partial charge in [0.25, 0.3) is 0 Å². The molecule has 23 heavy (non-hydrogen) atoms. The lowest BCUT2D eigenvalue weighted by molar-refractivity contribution is -0.144. The van der Waals surface area contributed by atoms with Gasteiger partial charge in [0.2, 0.25) is 6.41 Å². The maximum absolute atomic E-state index is 12.1. The molecule has 1 N–H and O–H groups in total. The monoisotopic (exact) mass is 319 g/mol. The van der Waals surface area contributed by atoms with Gasteiger partial charge in [0.05, 0.1) is 12.7 Å². The molecule has 0 radical (unpaired) electrons. The Morgan fingerprint density at radius 3 is 2.22 bits per heavy atom. The van der Waals surface area contributed by atoms with E-state index in [1.165, 1.54) is 36.3 Å². The minimum Gasteiger partial charge on any atom is -0.465 e. The molecule has 3 amide bonds. The molecule has 0 saturated carbocycles. The van der Waals surface area contributed by atoms with E-state index in [0.717, 1.165) is 6.41 Å². The molecule has 1 aromatic carbocycles. The number of carbonyl (C=O) groups is 4. The summed E-state index contributed by atoms with van der Waals surface area (Å²) in [5.41, 5.74) is 0.754. The fraction of sp³-hybridized carbons (Fsp3) is 0.333. The molecule has 0 spiro atoms. The first-order chi connectivity index (χ1) is 11.0. The Hall–Kier alpha value is -2.90. The second-order valence-corrected chi connectivity index (χ2v) is 4.96. The van der Waals surface area contributed by atoms with Crippen LogP contribution in [0.3, 0.4) is 0 Å². The smallest absolute Gasteiger partial charge is 0.337 e. The third-order valence-corrected chi connectivity index (χ3v) is 3.51. The maximum Gasteiger partial charge on any atom is 0.337 e. The number of hydrogen-bond acceptors (Lipinski definition) is 5. The maximum atomic E-state index is 12.1. The predicted octanol–water partition coefficient (Wildman–Crippen LogP) is -0.288. The van der Waals surface area contributed by atoms with Gasteiger partial charge in [0, 0.05) is 31.9 Å². The van der Waals surface area contributed by atoms with E-state index >= 15 is 0 Å². The Labute approximate surface area is 133 Å². The third-order valence-electron chi connectivity index (χ3n) is 3.51. The summed E-state index contributed by atoms with van der Waals surface area (Å²) in [4.78, 5) is 48.9. The minimum absolute atomic E-state index is 0.326. The quantitative estimate of drug-likeness (QED) is 0.469. The van der Waals surface area contributed by atoms with Crippen molar-refractivity contribution in [2.75, 3.05) is 38.6 Å². The average Bonchev–Trinajstić information content (AvgIpc) is 2.61. The van der Waals surface area contributed by atoms with E-state index in [0.29, 0.717) is 37.4 Å². The van der Waals surface area contributed by atoms with Crippen LogP contribution in [0.5, 0.6) is 0 Å². The van der Waals surface area contributed by atoms with Crippen LogP contribution in [-0.2, 0) is 19.1 Å². The Kier molecular flexibility index (Phi) is 5.29. The molecular formula is C15H17N3O5. The van der Waals surface area contributed by atoms with Crippen LogP contribution in [0, 0.1) is 0 Å². The van der Waals surface area contributed by atoms with Gasteiger partial charge in [-0.1, -0.05) is 0 Å². The number of hydrogen-bond donors (Lipinski definition) is 1.